The zero-order valence-corrected chi connectivity index (χ0v) is 14.9. The van der Waals surface area contributed by atoms with Crippen molar-refractivity contribution in [3.63, 3.8) is 0 Å². The minimum absolute atomic E-state index is 0.463. The molecule has 0 spiro atoms. The number of nitrogens with zero attached hydrogens (tertiary/aromatic N) is 1. The highest BCUT2D eigenvalue weighted by atomic mass is 16.5. The number of hydrogen-bond acceptors (Lipinski definition) is 2. The van der Waals surface area contributed by atoms with Gasteiger partial charge in [0.2, 0.25) is 0 Å². The fourth-order valence-electron chi connectivity index (χ4n) is 3.69. The Morgan fingerprint density at radius 1 is 1.04 bits per heavy atom. The van der Waals surface area contributed by atoms with E-state index in [2.05, 4.69) is 73.3 Å². The Labute approximate surface area is 146 Å². The van der Waals surface area contributed by atoms with Crippen LogP contribution in [0.3, 0.4) is 0 Å². The molecule has 1 heterocycles. The third-order valence-electron chi connectivity index (χ3n) is 5.11. The van der Waals surface area contributed by atoms with Crippen LogP contribution in [0, 0.1) is 0 Å². The second kappa shape index (κ2) is 8.34. The average Bonchev–Trinajstić information content (AvgIpc) is 2.62. The molecule has 1 unspecified atom stereocenters. The van der Waals surface area contributed by atoms with Gasteiger partial charge in [0.25, 0.3) is 0 Å². The van der Waals surface area contributed by atoms with Crippen LogP contribution >= 0.6 is 0 Å². The fourth-order valence-corrected chi connectivity index (χ4v) is 3.69. The van der Waals surface area contributed by atoms with Gasteiger partial charge in [-0.2, -0.15) is 0 Å². The fraction of sp³-hybridized carbons (Fsp3) is 0.455. The van der Waals surface area contributed by atoms with E-state index in [9.17, 15) is 0 Å². The predicted octanol–water partition coefficient (Wildman–Crippen LogP) is 4.92. The van der Waals surface area contributed by atoms with Crippen LogP contribution in [0.2, 0.25) is 0 Å². The van der Waals surface area contributed by atoms with Crippen LogP contribution in [0.5, 0.6) is 5.75 Å². The first-order valence-electron chi connectivity index (χ1n) is 9.24. The summed E-state index contributed by atoms with van der Waals surface area (Å²) in [5.41, 5.74) is 2.59. The lowest BCUT2D eigenvalue weighted by atomic mass is 10.0. The van der Waals surface area contributed by atoms with Gasteiger partial charge in [0.1, 0.15) is 12.4 Å². The normalized spacial score (nSPS) is 19.8. The minimum atomic E-state index is 0.463. The second-order valence-electron chi connectivity index (χ2n) is 7.01. The predicted molar refractivity (Wildman–Crippen MR) is 101 cm³/mol. The summed E-state index contributed by atoms with van der Waals surface area (Å²) < 4.78 is 6.23. The smallest absolute Gasteiger partial charge is 0.122 e. The van der Waals surface area contributed by atoms with Gasteiger partial charge in [-0.1, -0.05) is 55.0 Å². The Kier molecular flexibility index (Phi) is 5.92. The molecule has 0 aromatic heterocycles. The molecule has 0 saturated carbocycles. The molecule has 0 amide bonds. The molecule has 1 saturated heterocycles. The van der Waals surface area contributed by atoms with E-state index in [1.165, 1.54) is 36.9 Å². The van der Waals surface area contributed by atoms with Crippen molar-refractivity contribution in [2.45, 2.75) is 51.6 Å². The molecule has 24 heavy (non-hydrogen) atoms. The van der Waals surface area contributed by atoms with Crippen molar-refractivity contribution in [3.05, 3.63) is 65.7 Å². The van der Waals surface area contributed by atoms with Gasteiger partial charge in [-0.15, -0.1) is 0 Å². The zero-order valence-electron chi connectivity index (χ0n) is 14.9. The maximum atomic E-state index is 6.23. The molecule has 2 nitrogen and oxygen atoms in total. The monoisotopic (exact) mass is 323 g/mol. The van der Waals surface area contributed by atoms with E-state index in [-0.39, 0.29) is 0 Å². The van der Waals surface area contributed by atoms with Crippen LogP contribution < -0.4 is 4.74 Å². The summed E-state index contributed by atoms with van der Waals surface area (Å²) in [6.07, 6.45) is 4.92. The summed E-state index contributed by atoms with van der Waals surface area (Å²) >= 11 is 0. The largest absolute Gasteiger partial charge is 0.492 e. The topological polar surface area (TPSA) is 12.5 Å². The summed E-state index contributed by atoms with van der Waals surface area (Å²) in [6, 6.07) is 20.2. The number of hydrogen-bond donors (Lipinski definition) is 0. The molecule has 0 bridgehead atoms. The van der Waals surface area contributed by atoms with Gasteiger partial charge in [-0.05, 0) is 50.4 Å². The first-order valence-corrected chi connectivity index (χ1v) is 9.24. The molecule has 1 aliphatic rings. The van der Waals surface area contributed by atoms with Crippen molar-refractivity contribution < 1.29 is 4.74 Å². The Hall–Kier alpha value is -1.80. The van der Waals surface area contributed by atoms with Crippen molar-refractivity contribution in [3.8, 4) is 5.75 Å². The van der Waals surface area contributed by atoms with Crippen LogP contribution in [0.4, 0.5) is 0 Å². The summed E-state index contributed by atoms with van der Waals surface area (Å²) in [7, 11) is 0. The van der Waals surface area contributed by atoms with Gasteiger partial charge in [0, 0.05) is 18.5 Å². The van der Waals surface area contributed by atoms with Crippen molar-refractivity contribution in [1.82, 2.24) is 4.90 Å². The molecule has 2 aromatic rings. The Balaban J connectivity index is 1.63. The van der Waals surface area contributed by atoms with Gasteiger partial charge in [-0.25, -0.2) is 0 Å². The van der Waals surface area contributed by atoms with Gasteiger partial charge >= 0.3 is 0 Å². The van der Waals surface area contributed by atoms with E-state index in [1.807, 2.05) is 0 Å². The summed E-state index contributed by atoms with van der Waals surface area (Å²) in [5.74, 6) is 1.03. The van der Waals surface area contributed by atoms with Crippen molar-refractivity contribution in [1.29, 1.82) is 0 Å². The van der Waals surface area contributed by atoms with Crippen molar-refractivity contribution >= 4 is 0 Å². The van der Waals surface area contributed by atoms with Gasteiger partial charge in [0.15, 0.2) is 0 Å². The van der Waals surface area contributed by atoms with E-state index in [0.29, 0.717) is 12.1 Å². The quantitative estimate of drug-likeness (QED) is 0.748. The van der Waals surface area contributed by atoms with Crippen LogP contribution in [0.15, 0.2) is 54.6 Å². The molecule has 0 radical (unpaired) electrons. The summed E-state index contributed by atoms with van der Waals surface area (Å²) in [4.78, 5) is 2.60. The highest BCUT2D eigenvalue weighted by Gasteiger charge is 2.23. The lowest BCUT2D eigenvalue weighted by Crippen LogP contribution is -2.46. The number of ether oxygens (including phenoxy) is 1. The molecular formula is C22H29NO. The standard InChI is InChI=1S/C22H29NO/c1-18-10-8-9-15-23(18)19(2)17-24-22-14-7-6-13-21(22)16-20-11-4-3-5-12-20/h3-7,11-14,18-19H,8-10,15-17H2,1-2H3/t18-,19?/m0/s1. The maximum absolute atomic E-state index is 6.23. The van der Waals surface area contributed by atoms with E-state index in [1.54, 1.807) is 0 Å². The Morgan fingerprint density at radius 2 is 1.79 bits per heavy atom. The van der Waals surface area contributed by atoms with E-state index < -0.39 is 0 Å². The summed E-state index contributed by atoms with van der Waals surface area (Å²) in [6.45, 7) is 6.61. The maximum Gasteiger partial charge on any atom is 0.122 e. The van der Waals surface area contributed by atoms with Gasteiger partial charge in [-0.3, -0.25) is 4.90 Å². The van der Waals surface area contributed by atoms with E-state index in [0.717, 1.165) is 18.8 Å². The lowest BCUT2D eigenvalue weighted by Gasteiger charge is -2.37. The first-order chi connectivity index (χ1) is 11.7. The van der Waals surface area contributed by atoms with Crippen LogP contribution in [-0.4, -0.2) is 30.1 Å². The Morgan fingerprint density at radius 3 is 2.58 bits per heavy atom. The molecule has 2 atom stereocenters. The lowest BCUT2D eigenvalue weighted by molar-refractivity contribution is 0.0814. The molecule has 0 aliphatic carbocycles. The van der Waals surface area contributed by atoms with Crippen molar-refractivity contribution in [2.75, 3.05) is 13.2 Å². The highest BCUT2D eigenvalue weighted by Crippen LogP contribution is 2.23. The first kappa shape index (κ1) is 17.0. The third kappa shape index (κ3) is 4.39. The number of para-hydroxylation sites is 1. The minimum Gasteiger partial charge on any atom is -0.492 e. The number of rotatable bonds is 6. The molecule has 0 N–H and O–H groups in total. The van der Waals surface area contributed by atoms with E-state index in [4.69, 9.17) is 4.74 Å². The number of benzene rings is 2. The second-order valence-corrected chi connectivity index (χ2v) is 7.01. The SMILES string of the molecule is CC(COc1ccccc1Cc1ccccc1)N1CCCC[C@@H]1C. The molecule has 1 aliphatic heterocycles. The highest BCUT2D eigenvalue weighted by molar-refractivity contribution is 5.37. The molecular weight excluding hydrogens is 294 g/mol. The number of piperidine rings is 1. The average molecular weight is 323 g/mol. The van der Waals surface area contributed by atoms with Gasteiger partial charge < -0.3 is 4.74 Å². The molecule has 2 aromatic carbocycles. The molecule has 2 heteroatoms. The van der Waals surface area contributed by atoms with Gasteiger partial charge in [0.05, 0.1) is 0 Å². The Bertz CT molecular complexity index is 625. The molecule has 1 fully saturated rings. The van der Waals surface area contributed by atoms with E-state index >= 15 is 0 Å². The third-order valence-corrected chi connectivity index (χ3v) is 5.11. The van der Waals surface area contributed by atoms with Crippen molar-refractivity contribution in [2.24, 2.45) is 0 Å². The zero-order chi connectivity index (χ0) is 16.8. The summed E-state index contributed by atoms with van der Waals surface area (Å²) in [5, 5.41) is 0. The van der Waals surface area contributed by atoms with Crippen LogP contribution in [0.25, 0.3) is 0 Å². The van der Waals surface area contributed by atoms with Crippen LogP contribution in [0.1, 0.15) is 44.2 Å². The van der Waals surface area contributed by atoms with Crippen LogP contribution in [-0.2, 0) is 6.42 Å². The molecule has 128 valence electrons. The molecule has 3 rings (SSSR count). The number of likely N-dealkylation sites (tertiary alicyclic amines) is 1.